The molecule has 0 bridgehead atoms. The number of rotatable bonds is 12. The van der Waals surface area contributed by atoms with E-state index in [0.29, 0.717) is 30.6 Å². The van der Waals surface area contributed by atoms with Gasteiger partial charge in [-0.2, -0.15) is 0 Å². The smallest absolute Gasteiger partial charge is 0.233 e. The van der Waals surface area contributed by atoms with E-state index in [1.165, 1.54) is 18.9 Å². The number of carbonyl (C=O) groups is 1. The number of ether oxygens (including phenoxy) is 1. The highest BCUT2D eigenvalue weighted by atomic mass is 19.1. The summed E-state index contributed by atoms with van der Waals surface area (Å²) in [5.74, 6) is 1.41. The van der Waals surface area contributed by atoms with Gasteiger partial charge in [-0.05, 0) is 68.2 Å². The van der Waals surface area contributed by atoms with Crippen LogP contribution in [0.15, 0.2) is 42.7 Å². The summed E-state index contributed by atoms with van der Waals surface area (Å²) in [5, 5.41) is 11.3. The van der Waals surface area contributed by atoms with Crippen LogP contribution in [-0.2, 0) is 17.8 Å². The van der Waals surface area contributed by atoms with Gasteiger partial charge in [0.05, 0.1) is 24.4 Å². The van der Waals surface area contributed by atoms with Crippen molar-refractivity contribution in [2.75, 3.05) is 11.9 Å². The summed E-state index contributed by atoms with van der Waals surface area (Å²) < 4.78 is 22.0. The van der Waals surface area contributed by atoms with Gasteiger partial charge in [-0.3, -0.25) is 4.79 Å². The molecule has 3 aromatic rings. The highest BCUT2D eigenvalue weighted by Crippen LogP contribution is 2.34. The van der Waals surface area contributed by atoms with Crippen LogP contribution in [0, 0.1) is 11.7 Å². The van der Waals surface area contributed by atoms with Gasteiger partial charge >= 0.3 is 0 Å². The summed E-state index contributed by atoms with van der Waals surface area (Å²) >= 11 is 0. The third-order valence-electron chi connectivity index (χ3n) is 7.13. The lowest BCUT2D eigenvalue weighted by Gasteiger charge is -2.18. The number of fused-ring (bicyclic) bond motifs is 1. The number of carbonyl (C=O) groups excluding carboxylic acids is 1. The van der Waals surface area contributed by atoms with Crippen LogP contribution >= 0.6 is 0 Å². The fourth-order valence-corrected chi connectivity index (χ4v) is 4.77. The van der Waals surface area contributed by atoms with E-state index in [9.17, 15) is 9.18 Å². The van der Waals surface area contributed by atoms with E-state index in [-0.39, 0.29) is 23.6 Å². The molecule has 7 nitrogen and oxygen atoms in total. The van der Waals surface area contributed by atoms with Gasteiger partial charge in [0.25, 0.3) is 0 Å². The van der Waals surface area contributed by atoms with Gasteiger partial charge in [-0.25, -0.2) is 14.1 Å². The minimum atomic E-state index is -0.306. The standard InChI is InChI=1S/C27H32FN5O2/c1-2-19(20-11-12-24(28)25(14-20)35-17-18-9-10-18)16-33-21(15-30-32-33)6-3-4-7-23-22-8-5-13-29-26(22)31-27(23)34/h5,8,11-15,18-19,23H,2-4,6-7,9-10,16-17H2,1H3,(H,29,31,34)/t19-,23?/m0/s1. The van der Waals surface area contributed by atoms with Gasteiger partial charge in [-0.1, -0.05) is 30.7 Å². The summed E-state index contributed by atoms with van der Waals surface area (Å²) in [4.78, 5) is 16.6. The number of unbranched alkanes of at least 4 members (excludes halogenated alkanes) is 1. The summed E-state index contributed by atoms with van der Waals surface area (Å²) in [5.41, 5.74) is 3.13. The first-order valence-electron chi connectivity index (χ1n) is 12.7. The van der Waals surface area contributed by atoms with E-state index < -0.39 is 0 Å². The molecule has 2 aromatic heterocycles. The largest absolute Gasteiger partial charge is 0.490 e. The molecule has 184 valence electrons. The Bertz CT molecular complexity index is 1180. The molecule has 1 aromatic carbocycles. The molecule has 1 N–H and O–H groups in total. The number of pyridine rings is 1. The van der Waals surface area contributed by atoms with Crippen molar-refractivity contribution in [2.45, 2.75) is 70.3 Å². The predicted molar refractivity (Wildman–Crippen MR) is 131 cm³/mol. The van der Waals surface area contributed by atoms with Crippen LogP contribution in [0.3, 0.4) is 0 Å². The van der Waals surface area contributed by atoms with E-state index in [0.717, 1.165) is 48.9 Å². The zero-order valence-electron chi connectivity index (χ0n) is 20.1. The normalized spacial score (nSPS) is 17.8. The van der Waals surface area contributed by atoms with Crippen LogP contribution in [0.25, 0.3) is 0 Å². The minimum absolute atomic E-state index is 0.0379. The number of nitrogens with zero attached hydrogens (tertiary/aromatic N) is 4. The lowest BCUT2D eigenvalue weighted by molar-refractivity contribution is -0.117. The maximum Gasteiger partial charge on any atom is 0.233 e. The minimum Gasteiger partial charge on any atom is -0.490 e. The Morgan fingerprint density at radius 3 is 2.97 bits per heavy atom. The first-order valence-corrected chi connectivity index (χ1v) is 12.7. The molecule has 2 aliphatic rings. The van der Waals surface area contributed by atoms with Gasteiger partial charge < -0.3 is 10.1 Å². The molecule has 3 heterocycles. The molecule has 2 atom stereocenters. The van der Waals surface area contributed by atoms with Crippen LogP contribution < -0.4 is 10.1 Å². The molecule has 1 unspecified atom stereocenters. The molecule has 1 amide bonds. The monoisotopic (exact) mass is 477 g/mol. The van der Waals surface area contributed by atoms with Crippen LogP contribution in [0.2, 0.25) is 0 Å². The van der Waals surface area contributed by atoms with E-state index >= 15 is 0 Å². The Labute approximate surface area is 205 Å². The number of halogens is 1. The summed E-state index contributed by atoms with van der Waals surface area (Å²) in [6, 6.07) is 9.07. The van der Waals surface area contributed by atoms with E-state index in [1.54, 1.807) is 6.20 Å². The lowest BCUT2D eigenvalue weighted by atomic mass is 9.95. The third-order valence-corrected chi connectivity index (χ3v) is 7.13. The topological polar surface area (TPSA) is 81.9 Å². The highest BCUT2D eigenvalue weighted by Gasteiger charge is 2.30. The number of aryl methyl sites for hydroxylation is 1. The van der Waals surface area contributed by atoms with E-state index in [1.807, 2.05) is 35.1 Å². The second-order valence-electron chi connectivity index (χ2n) is 9.69. The first kappa shape index (κ1) is 23.5. The van der Waals surface area contributed by atoms with Crippen molar-refractivity contribution in [3.05, 3.63) is 65.4 Å². The van der Waals surface area contributed by atoms with Crippen LogP contribution in [0.4, 0.5) is 10.2 Å². The molecular weight excluding hydrogens is 445 g/mol. The lowest BCUT2D eigenvalue weighted by Crippen LogP contribution is -2.14. The number of benzene rings is 1. The fraction of sp³-hybridized carbons (Fsp3) is 0.481. The molecule has 1 fully saturated rings. The summed E-state index contributed by atoms with van der Waals surface area (Å²) in [6.07, 6.45) is 10.3. The van der Waals surface area contributed by atoms with Gasteiger partial charge in [0.15, 0.2) is 11.6 Å². The van der Waals surface area contributed by atoms with Crippen molar-refractivity contribution in [3.8, 4) is 5.75 Å². The first-order chi connectivity index (χ1) is 17.1. The predicted octanol–water partition coefficient (Wildman–Crippen LogP) is 5.24. The van der Waals surface area contributed by atoms with Gasteiger partial charge in [0, 0.05) is 24.2 Å². The number of anilines is 1. The number of nitrogens with one attached hydrogen (secondary N) is 1. The van der Waals surface area contributed by atoms with Crippen LogP contribution in [0.5, 0.6) is 5.75 Å². The average molecular weight is 478 g/mol. The zero-order chi connectivity index (χ0) is 24.2. The molecule has 1 aliphatic heterocycles. The van der Waals surface area contributed by atoms with E-state index in [2.05, 4.69) is 27.5 Å². The van der Waals surface area contributed by atoms with E-state index in [4.69, 9.17) is 4.74 Å². The Hall–Kier alpha value is -3.29. The van der Waals surface area contributed by atoms with Crippen molar-refractivity contribution < 1.29 is 13.9 Å². The second-order valence-corrected chi connectivity index (χ2v) is 9.69. The number of hydrogen-bond acceptors (Lipinski definition) is 5. The number of hydrogen-bond donors (Lipinski definition) is 1. The SMILES string of the molecule is CC[C@@H](Cn1nncc1CCCCC1C(=O)Nc2ncccc21)c1ccc(F)c(OCC2CC2)c1. The van der Waals surface area contributed by atoms with Gasteiger partial charge in [0.1, 0.15) is 5.82 Å². The Balaban J connectivity index is 1.17. The maximum absolute atomic E-state index is 14.3. The average Bonchev–Trinajstić information content (AvgIpc) is 3.50. The van der Waals surface area contributed by atoms with Gasteiger partial charge in [-0.15, -0.1) is 5.10 Å². The Kier molecular flexibility index (Phi) is 7.06. The quantitative estimate of drug-likeness (QED) is 0.361. The third kappa shape index (κ3) is 5.52. The zero-order valence-corrected chi connectivity index (χ0v) is 20.1. The Morgan fingerprint density at radius 1 is 1.26 bits per heavy atom. The summed E-state index contributed by atoms with van der Waals surface area (Å²) in [7, 11) is 0. The molecule has 5 rings (SSSR count). The maximum atomic E-state index is 14.3. The molecule has 0 saturated heterocycles. The molecular formula is C27H32FN5O2. The molecule has 8 heteroatoms. The summed E-state index contributed by atoms with van der Waals surface area (Å²) in [6.45, 7) is 3.41. The fourth-order valence-electron chi connectivity index (χ4n) is 4.77. The molecule has 1 saturated carbocycles. The molecule has 0 spiro atoms. The molecule has 35 heavy (non-hydrogen) atoms. The number of aromatic nitrogens is 4. The van der Waals surface area contributed by atoms with Crippen molar-refractivity contribution in [1.29, 1.82) is 0 Å². The van der Waals surface area contributed by atoms with Crippen molar-refractivity contribution >= 4 is 11.7 Å². The van der Waals surface area contributed by atoms with Crippen LogP contribution in [-0.4, -0.2) is 32.5 Å². The number of amides is 1. The van der Waals surface area contributed by atoms with Crippen molar-refractivity contribution in [1.82, 2.24) is 20.0 Å². The Morgan fingerprint density at radius 2 is 2.14 bits per heavy atom. The van der Waals surface area contributed by atoms with Crippen LogP contribution in [0.1, 0.15) is 74.1 Å². The van der Waals surface area contributed by atoms with Crippen molar-refractivity contribution in [2.24, 2.45) is 5.92 Å². The second kappa shape index (κ2) is 10.5. The van der Waals surface area contributed by atoms with Crippen molar-refractivity contribution in [3.63, 3.8) is 0 Å². The molecule has 0 radical (unpaired) electrons. The van der Waals surface area contributed by atoms with Gasteiger partial charge in [0.2, 0.25) is 5.91 Å². The highest BCUT2D eigenvalue weighted by molar-refractivity contribution is 6.01. The molecule has 1 aliphatic carbocycles.